The van der Waals surface area contributed by atoms with Gasteiger partial charge >= 0.3 is 0 Å². The number of hydrogen-bond donors (Lipinski definition) is 1. The van der Waals surface area contributed by atoms with Crippen LogP contribution < -0.4 is 0 Å². The van der Waals surface area contributed by atoms with Gasteiger partial charge in [0, 0.05) is 19.7 Å². The zero-order valence-electron chi connectivity index (χ0n) is 12.7. The highest BCUT2D eigenvalue weighted by atomic mass is 16.5. The molecule has 1 aliphatic carbocycles. The lowest BCUT2D eigenvalue weighted by Gasteiger charge is -2.38. The lowest BCUT2D eigenvalue weighted by Crippen LogP contribution is -2.42. The van der Waals surface area contributed by atoms with Gasteiger partial charge in [-0.05, 0) is 51.0 Å². The van der Waals surface area contributed by atoms with Crippen molar-refractivity contribution >= 4 is 0 Å². The third kappa shape index (κ3) is 4.52. The van der Waals surface area contributed by atoms with Crippen molar-refractivity contribution in [1.29, 1.82) is 0 Å². The molecule has 0 aromatic rings. The van der Waals surface area contributed by atoms with Crippen LogP contribution >= 0.6 is 0 Å². The van der Waals surface area contributed by atoms with Gasteiger partial charge in [0.15, 0.2) is 0 Å². The SMILES string of the molecule is COCC(C)N(C)CC1CC(C(C)C)CCC1O. The van der Waals surface area contributed by atoms with Gasteiger partial charge in [-0.1, -0.05) is 13.8 Å². The minimum atomic E-state index is -0.114. The maximum atomic E-state index is 10.2. The molecule has 1 saturated carbocycles. The van der Waals surface area contributed by atoms with E-state index in [4.69, 9.17) is 4.74 Å². The Kier molecular flexibility index (Phi) is 6.61. The summed E-state index contributed by atoms with van der Waals surface area (Å²) in [6.07, 6.45) is 3.22. The third-order valence-corrected chi connectivity index (χ3v) is 4.61. The summed E-state index contributed by atoms with van der Waals surface area (Å²) in [7, 11) is 3.88. The molecule has 0 bridgehead atoms. The fraction of sp³-hybridized carbons (Fsp3) is 1.00. The largest absolute Gasteiger partial charge is 0.393 e. The molecule has 0 saturated heterocycles. The molecule has 0 spiro atoms. The first kappa shape index (κ1) is 15.9. The van der Waals surface area contributed by atoms with Gasteiger partial charge in [-0.25, -0.2) is 0 Å². The molecule has 3 nitrogen and oxygen atoms in total. The summed E-state index contributed by atoms with van der Waals surface area (Å²) in [5.74, 6) is 1.95. The molecule has 18 heavy (non-hydrogen) atoms. The second kappa shape index (κ2) is 7.46. The van der Waals surface area contributed by atoms with Crippen molar-refractivity contribution in [2.45, 2.75) is 52.2 Å². The van der Waals surface area contributed by atoms with Gasteiger partial charge in [-0.2, -0.15) is 0 Å². The minimum absolute atomic E-state index is 0.114. The molecule has 4 atom stereocenters. The molecule has 0 aromatic carbocycles. The highest BCUT2D eigenvalue weighted by Crippen LogP contribution is 2.34. The van der Waals surface area contributed by atoms with Crippen LogP contribution in [-0.4, -0.2) is 49.5 Å². The average molecular weight is 257 g/mol. The van der Waals surface area contributed by atoms with Crippen molar-refractivity contribution in [3.63, 3.8) is 0 Å². The molecule has 1 fully saturated rings. The van der Waals surface area contributed by atoms with E-state index in [0.717, 1.165) is 31.4 Å². The first-order valence-electron chi connectivity index (χ1n) is 7.32. The zero-order chi connectivity index (χ0) is 13.7. The predicted molar refractivity (Wildman–Crippen MR) is 75.6 cm³/mol. The second-order valence-electron chi connectivity index (χ2n) is 6.39. The van der Waals surface area contributed by atoms with E-state index in [1.54, 1.807) is 7.11 Å². The Balaban J connectivity index is 2.47. The highest BCUT2D eigenvalue weighted by Gasteiger charge is 2.31. The second-order valence-corrected chi connectivity index (χ2v) is 6.39. The third-order valence-electron chi connectivity index (χ3n) is 4.61. The maximum Gasteiger partial charge on any atom is 0.0615 e. The molecule has 0 amide bonds. The number of ether oxygens (including phenoxy) is 1. The van der Waals surface area contributed by atoms with Crippen molar-refractivity contribution in [2.24, 2.45) is 17.8 Å². The van der Waals surface area contributed by atoms with Crippen LogP contribution in [0.5, 0.6) is 0 Å². The van der Waals surface area contributed by atoms with Crippen LogP contribution in [0, 0.1) is 17.8 Å². The van der Waals surface area contributed by atoms with E-state index in [9.17, 15) is 5.11 Å². The van der Waals surface area contributed by atoms with E-state index >= 15 is 0 Å². The van der Waals surface area contributed by atoms with Crippen molar-refractivity contribution < 1.29 is 9.84 Å². The summed E-state index contributed by atoms with van der Waals surface area (Å²) in [5.41, 5.74) is 0. The van der Waals surface area contributed by atoms with Crippen LogP contribution in [0.4, 0.5) is 0 Å². The first-order valence-corrected chi connectivity index (χ1v) is 7.32. The number of rotatable bonds is 6. The summed E-state index contributed by atoms with van der Waals surface area (Å²) in [4.78, 5) is 2.32. The van der Waals surface area contributed by atoms with Crippen molar-refractivity contribution in [3.8, 4) is 0 Å². The van der Waals surface area contributed by atoms with Crippen LogP contribution in [0.2, 0.25) is 0 Å². The lowest BCUT2D eigenvalue weighted by atomic mass is 9.74. The number of likely N-dealkylation sites (N-methyl/N-ethyl adjacent to an activating group) is 1. The van der Waals surface area contributed by atoms with Crippen LogP contribution in [0.1, 0.15) is 40.0 Å². The van der Waals surface area contributed by atoms with E-state index in [1.165, 1.54) is 12.8 Å². The van der Waals surface area contributed by atoms with Crippen molar-refractivity contribution in [3.05, 3.63) is 0 Å². The molecule has 1 aliphatic rings. The topological polar surface area (TPSA) is 32.7 Å². The van der Waals surface area contributed by atoms with Crippen LogP contribution in [-0.2, 0) is 4.74 Å². The van der Waals surface area contributed by atoms with Gasteiger partial charge in [-0.15, -0.1) is 0 Å². The van der Waals surface area contributed by atoms with Gasteiger partial charge < -0.3 is 14.7 Å². The van der Waals surface area contributed by atoms with Gasteiger partial charge in [-0.3, -0.25) is 0 Å². The molecular weight excluding hydrogens is 226 g/mol. The Hall–Kier alpha value is -0.120. The van der Waals surface area contributed by atoms with Gasteiger partial charge in [0.05, 0.1) is 12.7 Å². The Morgan fingerprint density at radius 3 is 2.50 bits per heavy atom. The standard InChI is InChI=1S/C15H31NO2/c1-11(2)13-6-7-15(17)14(8-13)9-16(4)12(3)10-18-5/h11-15,17H,6-10H2,1-5H3. The van der Waals surface area contributed by atoms with E-state index in [0.29, 0.717) is 12.0 Å². The Labute approximate surface area is 113 Å². The number of hydrogen-bond acceptors (Lipinski definition) is 3. The van der Waals surface area contributed by atoms with E-state index in [-0.39, 0.29) is 6.10 Å². The van der Waals surface area contributed by atoms with E-state index in [1.807, 2.05) is 0 Å². The quantitative estimate of drug-likeness (QED) is 0.793. The van der Waals surface area contributed by atoms with Gasteiger partial charge in [0.25, 0.3) is 0 Å². The number of aliphatic hydroxyl groups is 1. The molecule has 108 valence electrons. The maximum absolute atomic E-state index is 10.2. The molecule has 0 heterocycles. The van der Waals surface area contributed by atoms with E-state index in [2.05, 4.69) is 32.7 Å². The van der Waals surface area contributed by atoms with E-state index < -0.39 is 0 Å². The Morgan fingerprint density at radius 1 is 1.28 bits per heavy atom. The minimum Gasteiger partial charge on any atom is -0.393 e. The Bertz CT molecular complexity index is 233. The van der Waals surface area contributed by atoms with Crippen LogP contribution in [0.3, 0.4) is 0 Å². The van der Waals surface area contributed by atoms with Crippen LogP contribution in [0.15, 0.2) is 0 Å². The summed E-state index contributed by atoms with van der Waals surface area (Å²) in [6.45, 7) is 8.52. The number of methoxy groups -OCH3 is 1. The molecule has 0 aliphatic heterocycles. The monoisotopic (exact) mass is 257 g/mol. The summed E-state index contributed by atoms with van der Waals surface area (Å²) in [5, 5.41) is 10.2. The first-order chi connectivity index (χ1) is 8.45. The molecule has 0 radical (unpaired) electrons. The molecular formula is C15H31NO2. The molecule has 1 N–H and O–H groups in total. The number of aliphatic hydroxyl groups excluding tert-OH is 1. The zero-order valence-corrected chi connectivity index (χ0v) is 12.7. The number of nitrogens with zero attached hydrogens (tertiary/aromatic N) is 1. The average Bonchev–Trinajstić information content (AvgIpc) is 2.31. The lowest BCUT2D eigenvalue weighted by molar-refractivity contribution is 0.0103. The highest BCUT2D eigenvalue weighted by molar-refractivity contribution is 4.83. The Morgan fingerprint density at radius 2 is 1.94 bits per heavy atom. The molecule has 3 heteroatoms. The molecule has 1 rings (SSSR count). The van der Waals surface area contributed by atoms with Crippen molar-refractivity contribution in [1.82, 2.24) is 4.90 Å². The summed E-state index contributed by atoms with van der Waals surface area (Å²) in [6, 6.07) is 0.418. The normalized spacial score (nSPS) is 31.0. The molecule has 4 unspecified atom stereocenters. The summed E-state index contributed by atoms with van der Waals surface area (Å²) >= 11 is 0. The summed E-state index contributed by atoms with van der Waals surface area (Å²) < 4.78 is 5.20. The van der Waals surface area contributed by atoms with Crippen molar-refractivity contribution in [2.75, 3.05) is 27.3 Å². The fourth-order valence-corrected chi connectivity index (χ4v) is 3.00. The van der Waals surface area contributed by atoms with Gasteiger partial charge in [0.1, 0.15) is 0 Å². The van der Waals surface area contributed by atoms with Crippen LogP contribution in [0.25, 0.3) is 0 Å². The molecule has 0 aromatic heterocycles. The predicted octanol–water partition coefficient (Wildman–Crippen LogP) is 2.39. The smallest absolute Gasteiger partial charge is 0.0615 e. The fourth-order valence-electron chi connectivity index (χ4n) is 3.00. The van der Waals surface area contributed by atoms with Gasteiger partial charge in [0.2, 0.25) is 0 Å².